The van der Waals surface area contributed by atoms with Crippen LogP contribution in [0.15, 0.2) is 54.7 Å². The van der Waals surface area contributed by atoms with Crippen LogP contribution < -0.4 is 5.32 Å². The van der Waals surface area contributed by atoms with Gasteiger partial charge in [-0.05, 0) is 53.8 Å². The molecule has 2 N–H and O–H groups in total. The highest BCUT2D eigenvalue weighted by Gasteiger charge is 2.05. The minimum absolute atomic E-state index is 0.0970. The highest BCUT2D eigenvalue weighted by molar-refractivity contribution is 6.30. The van der Waals surface area contributed by atoms with Crippen molar-refractivity contribution in [3.8, 4) is 0 Å². The number of benzene rings is 2. The number of carbonyl (C=O) groups is 1. The van der Waals surface area contributed by atoms with Crippen molar-refractivity contribution >= 4 is 28.4 Å². The van der Waals surface area contributed by atoms with Crippen LogP contribution in [0.1, 0.15) is 15.9 Å². The Hall–Kier alpha value is -2.26. The molecule has 0 radical (unpaired) electrons. The third kappa shape index (κ3) is 3.26. The third-order valence-electron chi connectivity index (χ3n) is 3.40. The van der Waals surface area contributed by atoms with Crippen LogP contribution in [0.3, 0.4) is 0 Å². The van der Waals surface area contributed by atoms with Crippen molar-refractivity contribution in [2.45, 2.75) is 6.42 Å². The number of nitrogens with one attached hydrogen (secondary N) is 2. The summed E-state index contributed by atoms with van der Waals surface area (Å²) in [7, 11) is 0. The maximum absolute atomic E-state index is 12.0. The minimum Gasteiger partial charge on any atom is -0.361 e. The van der Waals surface area contributed by atoms with E-state index >= 15 is 0 Å². The van der Waals surface area contributed by atoms with Crippen molar-refractivity contribution in [3.63, 3.8) is 0 Å². The summed E-state index contributed by atoms with van der Waals surface area (Å²) < 4.78 is 0. The van der Waals surface area contributed by atoms with Crippen molar-refractivity contribution in [1.82, 2.24) is 10.3 Å². The van der Waals surface area contributed by atoms with Gasteiger partial charge in [0.25, 0.3) is 5.91 Å². The molecule has 1 aromatic heterocycles. The van der Waals surface area contributed by atoms with Crippen molar-refractivity contribution in [2.24, 2.45) is 0 Å². The van der Waals surface area contributed by atoms with E-state index in [1.807, 2.05) is 12.3 Å². The van der Waals surface area contributed by atoms with Gasteiger partial charge in [-0.15, -0.1) is 0 Å². The van der Waals surface area contributed by atoms with Crippen molar-refractivity contribution in [1.29, 1.82) is 0 Å². The molecule has 0 aliphatic heterocycles. The SMILES string of the molecule is O=C(NCCc1ccc2[nH]ccc2c1)c1cccc(Cl)c1. The van der Waals surface area contributed by atoms with Gasteiger partial charge in [0.15, 0.2) is 0 Å². The molecule has 4 heteroatoms. The molecule has 0 fully saturated rings. The lowest BCUT2D eigenvalue weighted by Crippen LogP contribution is -2.25. The first-order chi connectivity index (χ1) is 10.2. The number of amides is 1. The molecule has 3 aromatic rings. The first-order valence-corrected chi connectivity index (χ1v) is 7.20. The van der Waals surface area contributed by atoms with Gasteiger partial charge in [-0.3, -0.25) is 4.79 Å². The second kappa shape index (κ2) is 6.02. The summed E-state index contributed by atoms with van der Waals surface area (Å²) in [6.07, 6.45) is 2.72. The van der Waals surface area contributed by atoms with Gasteiger partial charge in [0.05, 0.1) is 0 Å². The van der Waals surface area contributed by atoms with Gasteiger partial charge in [0.1, 0.15) is 0 Å². The number of H-pyrrole nitrogens is 1. The lowest BCUT2D eigenvalue weighted by Gasteiger charge is -2.06. The van der Waals surface area contributed by atoms with Crippen LogP contribution in [-0.4, -0.2) is 17.4 Å². The Labute approximate surface area is 127 Å². The zero-order chi connectivity index (χ0) is 14.7. The predicted octanol–water partition coefficient (Wildman–Crippen LogP) is 3.79. The molecule has 0 saturated heterocycles. The van der Waals surface area contributed by atoms with Crippen LogP contribution in [-0.2, 0) is 6.42 Å². The first kappa shape index (κ1) is 13.7. The average Bonchev–Trinajstić information content (AvgIpc) is 2.94. The number of carbonyl (C=O) groups excluding carboxylic acids is 1. The lowest BCUT2D eigenvalue weighted by atomic mass is 10.1. The quantitative estimate of drug-likeness (QED) is 0.756. The molecule has 1 amide bonds. The summed E-state index contributed by atoms with van der Waals surface area (Å²) in [6.45, 7) is 0.598. The Balaban J connectivity index is 1.59. The summed E-state index contributed by atoms with van der Waals surface area (Å²) in [5.74, 6) is -0.0970. The van der Waals surface area contributed by atoms with E-state index in [-0.39, 0.29) is 5.91 Å². The molecule has 3 rings (SSSR count). The number of aromatic nitrogens is 1. The second-order valence-electron chi connectivity index (χ2n) is 4.92. The summed E-state index contributed by atoms with van der Waals surface area (Å²) in [5.41, 5.74) is 2.92. The molecule has 1 heterocycles. The van der Waals surface area contributed by atoms with Crippen LogP contribution in [0.5, 0.6) is 0 Å². The van der Waals surface area contributed by atoms with E-state index in [1.54, 1.807) is 24.3 Å². The Morgan fingerprint density at radius 1 is 1.14 bits per heavy atom. The summed E-state index contributed by atoms with van der Waals surface area (Å²) in [6, 6.07) is 15.3. The number of hydrogen-bond donors (Lipinski definition) is 2. The number of aromatic amines is 1. The minimum atomic E-state index is -0.0970. The zero-order valence-electron chi connectivity index (χ0n) is 11.4. The summed E-state index contributed by atoms with van der Waals surface area (Å²) in [4.78, 5) is 15.1. The maximum atomic E-state index is 12.0. The fraction of sp³-hybridized carbons (Fsp3) is 0.118. The number of halogens is 1. The fourth-order valence-corrected chi connectivity index (χ4v) is 2.50. The van der Waals surface area contributed by atoms with E-state index in [0.29, 0.717) is 17.1 Å². The van der Waals surface area contributed by atoms with Crippen LogP contribution in [0.4, 0.5) is 0 Å². The van der Waals surface area contributed by atoms with Gasteiger partial charge in [-0.25, -0.2) is 0 Å². The summed E-state index contributed by atoms with van der Waals surface area (Å²) >= 11 is 5.88. The van der Waals surface area contributed by atoms with E-state index in [2.05, 4.69) is 28.5 Å². The Bertz CT molecular complexity index is 779. The molecule has 106 valence electrons. The highest BCUT2D eigenvalue weighted by Crippen LogP contribution is 2.14. The standard InChI is InChI=1S/C17H15ClN2O/c18-15-3-1-2-14(11-15)17(21)20-8-6-12-4-5-16-13(10-12)7-9-19-16/h1-5,7,9-11,19H,6,8H2,(H,20,21). The predicted molar refractivity (Wildman–Crippen MR) is 85.8 cm³/mol. The first-order valence-electron chi connectivity index (χ1n) is 6.82. The van der Waals surface area contributed by atoms with Gasteiger partial charge in [-0.1, -0.05) is 23.7 Å². The molecule has 0 atom stereocenters. The molecular formula is C17H15ClN2O. The van der Waals surface area contributed by atoms with E-state index in [9.17, 15) is 4.79 Å². The Morgan fingerprint density at radius 2 is 2.05 bits per heavy atom. The van der Waals surface area contributed by atoms with E-state index in [0.717, 1.165) is 11.9 Å². The molecule has 0 bridgehead atoms. The van der Waals surface area contributed by atoms with Crippen LogP contribution >= 0.6 is 11.6 Å². The van der Waals surface area contributed by atoms with Crippen LogP contribution in [0, 0.1) is 0 Å². The Morgan fingerprint density at radius 3 is 2.90 bits per heavy atom. The fourth-order valence-electron chi connectivity index (χ4n) is 2.31. The van der Waals surface area contributed by atoms with Crippen LogP contribution in [0.25, 0.3) is 10.9 Å². The molecule has 0 aliphatic rings. The molecular weight excluding hydrogens is 284 g/mol. The molecule has 0 saturated carbocycles. The molecule has 0 spiro atoms. The third-order valence-corrected chi connectivity index (χ3v) is 3.64. The normalized spacial score (nSPS) is 10.7. The average molecular weight is 299 g/mol. The van der Waals surface area contributed by atoms with Gasteiger partial charge in [0, 0.05) is 28.8 Å². The van der Waals surface area contributed by atoms with Gasteiger partial charge in [0.2, 0.25) is 0 Å². The number of hydrogen-bond acceptors (Lipinski definition) is 1. The zero-order valence-corrected chi connectivity index (χ0v) is 12.2. The van der Waals surface area contributed by atoms with Crippen molar-refractivity contribution in [2.75, 3.05) is 6.54 Å². The maximum Gasteiger partial charge on any atom is 0.251 e. The van der Waals surface area contributed by atoms with E-state index in [1.165, 1.54) is 10.9 Å². The molecule has 0 unspecified atom stereocenters. The molecule has 2 aromatic carbocycles. The van der Waals surface area contributed by atoms with Gasteiger partial charge >= 0.3 is 0 Å². The molecule has 3 nitrogen and oxygen atoms in total. The topological polar surface area (TPSA) is 44.9 Å². The summed E-state index contributed by atoms with van der Waals surface area (Å²) in [5, 5.41) is 4.67. The Kier molecular flexibility index (Phi) is 3.93. The monoisotopic (exact) mass is 298 g/mol. The number of rotatable bonds is 4. The van der Waals surface area contributed by atoms with Gasteiger partial charge in [-0.2, -0.15) is 0 Å². The second-order valence-corrected chi connectivity index (χ2v) is 5.35. The van der Waals surface area contributed by atoms with E-state index < -0.39 is 0 Å². The highest BCUT2D eigenvalue weighted by atomic mass is 35.5. The molecule has 21 heavy (non-hydrogen) atoms. The van der Waals surface area contributed by atoms with Gasteiger partial charge < -0.3 is 10.3 Å². The van der Waals surface area contributed by atoms with Crippen molar-refractivity contribution in [3.05, 3.63) is 70.9 Å². The smallest absolute Gasteiger partial charge is 0.251 e. The largest absolute Gasteiger partial charge is 0.361 e. The molecule has 0 aliphatic carbocycles. The number of fused-ring (bicyclic) bond motifs is 1. The van der Waals surface area contributed by atoms with E-state index in [4.69, 9.17) is 11.6 Å². The lowest BCUT2D eigenvalue weighted by molar-refractivity contribution is 0.0954. The van der Waals surface area contributed by atoms with Crippen molar-refractivity contribution < 1.29 is 4.79 Å². The van der Waals surface area contributed by atoms with Crippen LogP contribution in [0.2, 0.25) is 5.02 Å².